The number of nitrogens with one attached hydrogen (secondary N) is 1. The van der Waals surface area contributed by atoms with E-state index in [9.17, 15) is 4.79 Å². The first kappa shape index (κ1) is 14.7. The highest BCUT2D eigenvalue weighted by atomic mass is 16.1. The minimum atomic E-state index is -0.128. The number of hydrogen-bond donors (Lipinski definition) is 1. The summed E-state index contributed by atoms with van der Waals surface area (Å²) in [5.41, 5.74) is 3.01. The fraction of sp³-hybridized carbons (Fsp3) is 0.200. The van der Waals surface area contributed by atoms with Gasteiger partial charge in [-0.05, 0) is 18.1 Å². The van der Waals surface area contributed by atoms with E-state index < -0.39 is 0 Å². The molecule has 1 amide bonds. The summed E-state index contributed by atoms with van der Waals surface area (Å²) in [6.07, 6.45) is 4.36. The van der Waals surface area contributed by atoms with E-state index in [4.69, 9.17) is 0 Å². The predicted octanol–water partition coefficient (Wildman–Crippen LogP) is 3.80. The summed E-state index contributed by atoms with van der Waals surface area (Å²) in [5, 5.41) is 5.13. The first-order valence-corrected chi connectivity index (χ1v) is 8.18. The molecule has 3 aromatic rings. The molecule has 1 unspecified atom stereocenters. The van der Waals surface area contributed by atoms with Crippen LogP contribution < -0.4 is 10.2 Å². The van der Waals surface area contributed by atoms with Crippen molar-refractivity contribution in [2.24, 2.45) is 0 Å². The summed E-state index contributed by atoms with van der Waals surface area (Å²) in [6, 6.07) is 16.1. The van der Waals surface area contributed by atoms with Gasteiger partial charge in [0.05, 0.1) is 17.8 Å². The van der Waals surface area contributed by atoms with Gasteiger partial charge in [-0.15, -0.1) is 0 Å². The van der Waals surface area contributed by atoms with Gasteiger partial charge >= 0.3 is 0 Å². The van der Waals surface area contributed by atoms with Crippen molar-refractivity contribution in [2.45, 2.75) is 12.3 Å². The largest absolute Gasteiger partial charge is 0.374 e. The molecular formula is C20H19N3O. The standard InChI is InChI=1S/C20H19N3O/c1-23-11-10-17(16-8-4-5-9-19(16)23)20(24)22-18-13-21-12-14-6-2-3-7-15(14)18/h2-9,12-13,17H,10-11H2,1H3,(H,22,24). The number of nitrogens with zero attached hydrogens (tertiary/aromatic N) is 2. The molecule has 1 aliphatic heterocycles. The Morgan fingerprint density at radius 2 is 1.92 bits per heavy atom. The lowest BCUT2D eigenvalue weighted by molar-refractivity contribution is -0.117. The molecule has 24 heavy (non-hydrogen) atoms. The number of aromatic nitrogens is 1. The van der Waals surface area contributed by atoms with Crippen LogP contribution in [0.25, 0.3) is 10.8 Å². The summed E-state index contributed by atoms with van der Waals surface area (Å²) >= 11 is 0. The van der Waals surface area contributed by atoms with Gasteiger partial charge < -0.3 is 10.2 Å². The van der Waals surface area contributed by atoms with E-state index in [0.29, 0.717) is 0 Å². The van der Waals surface area contributed by atoms with Gasteiger partial charge in [-0.25, -0.2) is 0 Å². The molecule has 1 atom stereocenters. The third-order valence-corrected chi connectivity index (χ3v) is 4.72. The molecule has 2 aromatic carbocycles. The number of para-hydroxylation sites is 1. The van der Waals surface area contributed by atoms with Crippen molar-refractivity contribution in [1.29, 1.82) is 0 Å². The number of pyridine rings is 1. The molecule has 1 aromatic heterocycles. The molecule has 0 fully saturated rings. The van der Waals surface area contributed by atoms with Gasteiger partial charge in [0.2, 0.25) is 5.91 Å². The van der Waals surface area contributed by atoms with Crippen molar-refractivity contribution < 1.29 is 4.79 Å². The second-order valence-electron chi connectivity index (χ2n) is 6.22. The highest BCUT2D eigenvalue weighted by molar-refractivity contribution is 6.04. The third-order valence-electron chi connectivity index (χ3n) is 4.72. The number of rotatable bonds is 2. The van der Waals surface area contributed by atoms with Crippen LogP contribution in [0.1, 0.15) is 17.9 Å². The quantitative estimate of drug-likeness (QED) is 0.782. The van der Waals surface area contributed by atoms with Crippen LogP contribution in [-0.2, 0) is 4.79 Å². The fourth-order valence-corrected chi connectivity index (χ4v) is 3.44. The van der Waals surface area contributed by atoms with Gasteiger partial charge in [0.25, 0.3) is 0 Å². The van der Waals surface area contributed by atoms with Crippen LogP contribution in [0.4, 0.5) is 11.4 Å². The van der Waals surface area contributed by atoms with Crippen LogP contribution in [0.3, 0.4) is 0 Å². The number of hydrogen-bond acceptors (Lipinski definition) is 3. The van der Waals surface area contributed by atoms with Crippen molar-refractivity contribution in [1.82, 2.24) is 4.98 Å². The smallest absolute Gasteiger partial charge is 0.232 e. The highest BCUT2D eigenvalue weighted by Gasteiger charge is 2.28. The van der Waals surface area contributed by atoms with Crippen LogP contribution in [0.15, 0.2) is 60.9 Å². The number of fused-ring (bicyclic) bond motifs is 2. The second kappa shape index (κ2) is 5.96. The Bertz CT molecular complexity index is 901. The highest BCUT2D eigenvalue weighted by Crippen LogP contribution is 2.35. The van der Waals surface area contributed by atoms with E-state index >= 15 is 0 Å². The maximum absolute atomic E-state index is 12.9. The number of amides is 1. The van der Waals surface area contributed by atoms with Crippen molar-refractivity contribution in [3.63, 3.8) is 0 Å². The molecule has 0 bridgehead atoms. The van der Waals surface area contributed by atoms with E-state index in [1.54, 1.807) is 6.20 Å². The van der Waals surface area contributed by atoms with Crippen molar-refractivity contribution in [3.05, 3.63) is 66.5 Å². The zero-order valence-electron chi connectivity index (χ0n) is 13.6. The normalized spacial score (nSPS) is 16.7. The molecule has 0 aliphatic carbocycles. The number of carbonyl (C=O) groups is 1. The maximum atomic E-state index is 12.9. The van der Waals surface area contributed by atoms with Crippen LogP contribution in [0.2, 0.25) is 0 Å². The van der Waals surface area contributed by atoms with Crippen LogP contribution in [-0.4, -0.2) is 24.5 Å². The summed E-state index contributed by atoms with van der Waals surface area (Å²) in [5.74, 6) is -0.0925. The monoisotopic (exact) mass is 317 g/mol. The lowest BCUT2D eigenvalue weighted by Gasteiger charge is -2.32. The van der Waals surface area contributed by atoms with Gasteiger partial charge in [-0.2, -0.15) is 0 Å². The van der Waals surface area contributed by atoms with Gasteiger partial charge in [-0.1, -0.05) is 42.5 Å². The summed E-state index contributed by atoms with van der Waals surface area (Å²) in [7, 11) is 2.07. The fourth-order valence-electron chi connectivity index (χ4n) is 3.44. The van der Waals surface area contributed by atoms with Crippen LogP contribution in [0, 0.1) is 0 Å². The van der Waals surface area contributed by atoms with Gasteiger partial charge in [0.15, 0.2) is 0 Å². The van der Waals surface area contributed by atoms with Gasteiger partial charge in [0.1, 0.15) is 0 Å². The molecular weight excluding hydrogens is 298 g/mol. The Morgan fingerprint density at radius 1 is 1.12 bits per heavy atom. The average Bonchev–Trinajstić information content (AvgIpc) is 2.62. The predicted molar refractivity (Wildman–Crippen MR) is 97.4 cm³/mol. The first-order chi connectivity index (χ1) is 11.7. The molecule has 0 spiro atoms. The lowest BCUT2D eigenvalue weighted by Crippen LogP contribution is -2.32. The number of benzene rings is 2. The second-order valence-corrected chi connectivity index (χ2v) is 6.22. The molecule has 2 heterocycles. The zero-order valence-corrected chi connectivity index (χ0v) is 13.6. The summed E-state index contributed by atoms with van der Waals surface area (Å²) in [6.45, 7) is 0.878. The Hall–Kier alpha value is -2.88. The summed E-state index contributed by atoms with van der Waals surface area (Å²) in [4.78, 5) is 19.4. The average molecular weight is 317 g/mol. The molecule has 1 aliphatic rings. The zero-order chi connectivity index (χ0) is 16.5. The Morgan fingerprint density at radius 3 is 2.83 bits per heavy atom. The molecule has 0 saturated heterocycles. The lowest BCUT2D eigenvalue weighted by atomic mass is 9.89. The Labute approximate surface area is 141 Å². The van der Waals surface area contributed by atoms with E-state index in [0.717, 1.165) is 40.7 Å². The van der Waals surface area contributed by atoms with Crippen molar-refractivity contribution in [3.8, 4) is 0 Å². The van der Waals surface area contributed by atoms with Gasteiger partial charge in [-0.3, -0.25) is 9.78 Å². The first-order valence-electron chi connectivity index (χ1n) is 8.18. The van der Waals surface area contributed by atoms with Crippen molar-refractivity contribution >= 4 is 28.1 Å². The maximum Gasteiger partial charge on any atom is 0.232 e. The van der Waals surface area contributed by atoms with E-state index in [1.165, 1.54) is 0 Å². The number of carbonyl (C=O) groups excluding carboxylic acids is 1. The van der Waals surface area contributed by atoms with E-state index in [1.807, 2.05) is 42.6 Å². The molecule has 0 radical (unpaired) electrons. The minimum absolute atomic E-state index is 0.0358. The topological polar surface area (TPSA) is 45.2 Å². The Kier molecular flexibility index (Phi) is 3.65. The number of anilines is 2. The molecule has 1 N–H and O–H groups in total. The molecule has 120 valence electrons. The van der Waals surface area contributed by atoms with Crippen molar-refractivity contribution in [2.75, 3.05) is 23.8 Å². The van der Waals surface area contributed by atoms with E-state index in [-0.39, 0.29) is 11.8 Å². The molecule has 4 rings (SSSR count). The van der Waals surface area contributed by atoms with Crippen LogP contribution >= 0.6 is 0 Å². The van der Waals surface area contributed by atoms with Crippen LogP contribution in [0.5, 0.6) is 0 Å². The Balaban J connectivity index is 1.66. The molecule has 4 heteroatoms. The van der Waals surface area contributed by atoms with Gasteiger partial charge in [0, 0.05) is 36.2 Å². The SMILES string of the molecule is CN1CCC(C(=O)Nc2cncc3ccccc23)c2ccccc21. The summed E-state index contributed by atoms with van der Waals surface area (Å²) < 4.78 is 0. The minimum Gasteiger partial charge on any atom is -0.374 e. The van der Waals surface area contributed by atoms with E-state index in [2.05, 4.69) is 34.4 Å². The molecule has 4 nitrogen and oxygen atoms in total. The molecule has 0 saturated carbocycles. The third kappa shape index (κ3) is 2.50.